The van der Waals surface area contributed by atoms with Gasteiger partial charge in [0.15, 0.2) is 5.13 Å². The van der Waals surface area contributed by atoms with Crippen LogP contribution in [0.1, 0.15) is 33.3 Å². The van der Waals surface area contributed by atoms with E-state index in [0.29, 0.717) is 16.6 Å². The molecule has 2 aromatic heterocycles. The molecule has 2 heterocycles. The topological polar surface area (TPSA) is 80.0 Å². The number of nitrogens with one attached hydrogen (secondary N) is 2. The van der Waals surface area contributed by atoms with Crippen molar-refractivity contribution in [1.29, 1.82) is 0 Å². The van der Waals surface area contributed by atoms with Crippen LogP contribution in [-0.4, -0.2) is 16.9 Å². The first-order valence-electron chi connectivity index (χ1n) is 6.32. The third-order valence-corrected chi connectivity index (χ3v) is 4.49. The van der Waals surface area contributed by atoms with Crippen LogP contribution in [0.4, 0.5) is 10.9 Å². The summed E-state index contributed by atoms with van der Waals surface area (Å²) in [7, 11) is 0. The molecule has 1 amide bonds. The van der Waals surface area contributed by atoms with Gasteiger partial charge in [0.05, 0.1) is 6.54 Å². The maximum absolute atomic E-state index is 12.1. The van der Waals surface area contributed by atoms with E-state index in [1.807, 2.05) is 32.9 Å². The van der Waals surface area contributed by atoms with E-state index in [9.17, 15) is 4.79 Å². The molecule has 7 heteroatoms. The second-order valence-electron chi connectivity index (χ2n) is 4.73. The van der Waals surface area contributed by atoms with Crippen LogP contribution in [0, 0.1) is 6.92 Å². The van der Waals surface area contributed by atoms with E-state index in [-0.39, 0.29) is 17.8 Å². The van der Waals surface area contributed by atoms with Gasteiger partial charge in [0.2, 0.25) is 0 Å². The number of hydrogen-bond donors (Lipinski definition) is 3. The molecule has 0 aliphatic heterocycles. The SMILES string of the molecule is Cc1ccc(CNC(=O)c2sc(NC(C)C)nc2N)s1. The summed E-state index contributed by atoms with van der Waals surface area (Å²) in [6.45, 7) is 6.58. The van der Waals surface area contributed by atoms with E-state index < -0.39 is 0 Å². The average Bonchev–Trinajstić information content (AvgIpc) is 2.92. The third kappa shape index (κ3) is 3.71. The second-order valence-corrected chi connectivity index (χ2v) is 7.10. The third-order valence-electron chi connectivity index (χ3n) is 2.49. The zero-order valence-corrected chi connectivity index (χ0v) is 13.3. The molecule has 2 aromatic rings. The summed E-state index contributed by atoms with van der Waals surface area (Å²) < 4.78 is 0. The molecule has 5 nitrogen and oxygen atoms in total. The van der Waals surface area contributed by atoms with Crippen LogP contribution in [0.3, 0.4) is 0 Å². The number of hydrogen-bond acceptors (Lipinski definition) is 6. The van der Waals surface area contributed by atoms with Gasteiger partial charge in [0.1, 0.15) is 10.7 Å². The van der Waals surface area contributed by atoms with E-state index in [0.717, 1.165) is 4.88 Å². The van der Waals surface area contributed by atoms with Crippen molar-refractivity contribution >= 4 is 39.5 Å². The molecular weight excluding hydrogens is 292 g/mol. The van der Waals surface area contributed by atoms with Crippen LogP contribution in [0.15, 0.2) is 12.1 Å². The summed E-state index contributed by atoms with van der Waals surface area (Å²) in [5.74, 6) is 0.0980. The molecule has 0 aliphatic carbocycles. The van der Waals surface area contributed by atoms with Gasteiger partial charge < -0.3 is 16.4 Å². The normalized spacial score (nSPS) is 10.8. The van der Waals surface area contributed by atoms with E-state index in [1.165, 1.54) is 16.2 Å². The molecule has 108 valence electrons. The van der Waals surface area contributed by atoms with Gasteiger partial charge in [-0.2, -0.15) is 0 Å². The van der Waals surface area contributed by atoms with Crippen molar-refractivity contribution in [2.24, 2.45) is 0 Å². The fourth-order valence-electron chi connectivity index (χ4n) is 1.63. The van der Waals surface area contributed by atoms with Gasteiger partial charge in [-0.15, -0.1) is 11.3 Å². The molecule has 0 unspecified atom stereocenters. The van der Waals surface area contributed by atoms with Gasteiger partial charge in [-0.3, -0.25) is 4.79 Å². The van der Waals surface area contributed by atoms with Crippen LogP contribution >= 0.6 is 22.7 Å². The van der Waals surface area contributed by atoms with Crippen molar-refractivity contribution in [1.82, 2.24) is 10.3 Å². The zero-order valence-electron chi connectivity index (χ0n) is 11.7. The number of nitrogen functional groups attached to an aromatic ring is 1. The highest BCUT2D eigenvalue weighted by atomic mass is 32.1. The molecule has 0 spiro atoms. The largest absolute Gasteiger partial charge is 0.382 e. The van der Waals surface area contributed by atoms with Gasteiger partial charge in [0, 0.05) is 15.8 Å². The number of amides is 1. The van der Waals surface area contributed by atoms with Crippen molar-refractivity contribution in [3.8, 4) is 0 Å². The molecular formula is C13H18N4OS2. The lowest BCUT2D eigenvalue weighted by Gasteiger charge is -2.04. The van der Waals surface area contributed by atoms with Crippen molar-refractivity contribution in [2.45, 2.75) is 33.4 Å². The molecule has 0 saturated carbocycles. The molecule has 0 fully saturated rings. The lowest BCUT2D eigenvalue weighted by atomic mass is 10.4. The molecule has 0 aromatic carbocycles. The fraction of sp³-hybridized carbons (Fsp3) is 0.385. The number of rotatable bonds is 5. The molecule has 0 bridgehead atoms. The monoisotopic (exact) mass is 310 g/mol. The Bertz CT molecular complexity index is 603. The Hall–Kier alpha value is -1.60. The van der Waals surface area contributed by atoms with Crippen LogP contribution in [-0.2, 0) is 6.54 Å². The summed E-state index contributed by atoms with van der Waals surface area (Å²) in [5, 5.41) is 6.69. The van der Waals surface area contributed by atoms with E-state index >= 15 is 0 Å². The highest BCUT2D eigenvalue weighted by Crippen LogP contribution is 2.25. The smallest absolute Gasteiger partial charge is 0.265 e. The molecule has 0 saturated heterocycles. The summed E-state index contributed by atoms with van der Waals surface area (Å²) >= 11 is 2.95. The molecule has 2 rings (SSSR count). The Morgan fingerprint density at radius 3 is 2.75 bits per heavy atom. The van der Waals surface area contributed by atoms with E-state index in [1.54, 1.807) is 11.3 Å². The first kappa shape index (κ1) is 14.8. The van der Waals surface area contributed by atoms with Gasteiger partial charge in [-0.25, -0.2) is 4.98 Å². The summed E-state index contributed by atoms with van der Waals surface area (Å²) in [5.41, 5.74) is 5.79. The number of thiazole rings is 1. The predicted octanol–water partition coefficient (Wildman–Crippen LogP) is 2.85. The molecule has 0 atom stereocenters. The highest BCUT2D eigenvalue weighted by molar-refractivity contribution is 7.18. The minimum Gasteiger partial charge on any atom is -0.382 e. The molecule has 0 aliphatic rings. The van der Waals surface area contributed by atoms with E-state index in [4.69, 9.17) is 5.73 Å². The number of nitrogens with zero attached hydrogens (tertiary/aromatic N) is 1. The Morgan fingerprint density at radius 1 is 1.40 bits per heavy atom. The maximum Gasteiger partial charge on any atom is 0.265 e. The minimum absolute atomic E-state index is 0.178. The first-order valence-corrected chi connectivity index (χ1v) is 7.95. The molecule has 20 heavy (non-hydrogen) atoms. The summed E-state index contributed by atoms with van der Waals surface area (Å²) in [4.78, 5) is 19.1. The number of anilines is 2. The minimum atomic E-state index is -0.178. The van der Waals surface area contributed by atoms with Gasteiger partial charge >= 0.3 is 0 Å². The van der Waals surface area contributed by atoms with Crippen LogP contribution in [0.5, 0.6) is 0 Å². The van der Waals surface area contributed by atoms with Crippen molar-refractivity contribution in [3.63, 3.8) is 0 Å². The zero-order chi connectivity index (χ0) is 14.7. The summed E-state index contributed by atoms with van der Waals surface area (Å²) in [6, 6.07) is 4.31. The van der Waals surface area contributed by atoms with Crippen molar-refractivity contribution < 1.29 is 4.79 Å². The van der Waals surface area contributed by atoms with Gasteiger partial charge in [0.25, 0.3) is 5.91 Å². The Kier molecular flexibility index (Phi) is 4.61. The van der Waals surface area contributed by atoms with Crippen LogP contribution in [0.25, 0.3) is 0 Å². The lowest BCUT2D eigenvalue weighted by Crippen LogP contribution is -2.22. The van der Waals surface area contributed by atoms with Gasteiger partial charge in [-0.05, 0) is 32.9 Å². The molecule has 0 radical (unpaired) electrons. The van der Waals surface area contributed by atoms with E-state index in [2.05, 4.69) is 15.6 Å². The van der Waals surface area contributed by atoms with Crippen molar-refractivity contribution in [3.05, 3.63) is 26.8 Å². The fourth-order valence-corrected chi connectivity index (χ4v) is 3.41. The van der Waals surface area contributed by atoms with Crippen molar-refractivity contribution in [2.75, 3.05) is 11.1 Å². The predicted molar refractivity (Wildman–Crippen MR) is 85.5 cm³/mol. The number of aryl methyl sites for hydroxylation is 1. The number of carbonyl (C=O) groups is 1. The quantitative estimate of drug-likeness (QED) is 0.793. The summed E-state index contributed by atoms with van der Waals surface area (Å²) in [6.07, 6.45) is 0. The average molecular weight is 310 g/mol. The van der Waals surface area contributed by atoms with Crippen LogP contribution in [0.2, 0.25) is 0 Å². The maximum atomic E-state index is 12.1. The number of thiophene rings is 1. The second kappa shape index (κ2) is 6.23. The highest BCUT2D eigenvalue weighted by Gasteiger charge is 2.16. The lowest BCUT2D eigenvalue weighted by molar-refractivity contribution is 0.0956. The first-order chi connectivity index (χ1) is 9.45. The number of carbonyl (C=O) groups excluding carboxylic acids is 1. The van der Waals surface area contributed by atoms with Gasteiger partial charge in [-0.1, -0.05) is 11.3 Å². The Balaban J connectivity index is 2.00. The van der Waals surface area contributed by atoms with Crippen LogP contribution < -0.4 is 16.4 Å². The molecule has 4 N–H and O–H groups in total. The Morgan fingerprint density at radius 2 is 2.15 bits per heavy atom. The number of aromatic nitrogens is 1. The number of nitrogens with two attached hydrogens (primary N) is 1. The standard InChI is InChI=1S/C13H18N4OS2/c1-7(2)16-13-17-11(14)10(20-13)12(18)15-6-9-5-4-8(3)19-9/h4-5,7H,6,14H2,1-3H3,(H,15,18)(H,16,17). The Labute approximate surface area is 126 Å².